The van der Waals surface area contributed by atoms with Crippen LogP contribution in [0.25, 0.3) is 22.2 Å². The third-order valence-electron chi connectivity index (χ3n) is 6.79. The molecule has 0 spiro atoms. The summed E-state index contributed by atoms with van der Waals surface area (Å²) < 4.78 is 28.5. The number of aromatic nitrogens is 2. The first-order valence-electron chi connectivity index (χ1n) is 12.7. The first kappa shape index (κ1) is 25.0. The molecule has 8 heteroatoms. The van der Waals surface area contributed by atoms with Gasteiger partial charge < -0.3 is 5.32 Å². The Bertz CT molecular complexity index is 1540. The van der Waals surface area contributed by atoms with E-state index < -0.39 is 10.0 Å². The molecule has 0 bridgehead atoms. The highest BCUT2D eigenvalue weighted by molar-refractivity contribution is 7.89. The fraction of sp³-hybridized carbons (Fsp3) is 0.276. The van der Waals surface area contributed by atoms with Crippen LogP contribution in [0.4, 0.5) is 0 Å². The molecule has 1 aliphatic rings. The monoisotopic (exact) mass is 514 g/mol. The van der Waals surface area contributed by atoms with Gasteiger partial charge in [-0.15, -0.1) is 0 Å². The zero-order valence-corrected chi connectivity index (χ0v) is 21.6. The molecule has 2 N–H and O–H groups in total. The molecule has 190 valence electrons. The van der Waals surface area contributed by atoms with Crippen molar-refractivity contribution in [2.24, 2.45) is 0 Å². The van der Waals surface area contributed by atoms with Crippen LogP contribution in [-0.2, 0) is 16.4 Å². The number of aryl methyl sites for hydroxylation is 1. The zero-order valence-electron chi connectivity index (χ0n) is 20.8. The Morgan fingerprint density at radius 3 is 2.76 bits per heavy atom. The summed E-state index contributed by atoms with van der Waals surface area (Å²) in [4.78, 5) is 22.8. The van der Waals surface area contributed by atoms with E-state index in [2.05, 4.69) is 27.2 Å². The smallest absolute Gasteiger partial charge is 0.252 e. The number of nitrogens with zero attached hydrogens (tertiary/aromatic N) is 2. The first-order valence-corrected chi connectivity index (χ1v) is 14.2. The van der Waals surface area contributed by atoms with Crippen LogP contribution < -0.4 is 10.0 Å². The molecule has 1 atom stereocenters. The molecule has 1 aliphatic carbocycles. The lowest BCUT2D eigenvalue weighted by atomic mass is 9.87. The highest BCUT2D eigenvalue weighted by atomic mass is 32.2. The Hall–Kier alpha value is -3.62. The molecule has 2 aromatic heterocycles. The van der Waals surface area contributed by atoms with E-state index in [0.29, 0.717) is 28.7 Å². The Morgan fingerprint density at radius 1 is 1.08 bits per heavy atom. The average molecular weight is 515 g/mol. The maximum atomic E-state index is 13.8. The van der Waals surface area contributed by atoms with Gasteiger partial charge in [0.1, 0.15) is 0 Å². The van der Waals surface area contributed by atoms with E-state index in [4.69, 9.17) is 4.98 Å². The van der Waals surface area contributed by atoms with Gasteiger partial charge in [-0.25, -0.2) is 18.1 Å². The fourth-order valence-electron chi connectivity index (χ4n) is 4.83. The third-order valence-corrected chi connectivity index (χ3v) is 8.25. The third kappa shape index (κ3) is 5.40. The van der Waals surface area contributed by atoms with Gasteiger partial charge in [-0.1, -0.05) is 37.6 Å². The summed E-state index contributed by atoms with van der Waals surface area (Å²) in [6.45, 7) is 2.37. The lowest BCUT2D eigenvalue weighted by molar-refractivity contribution is 0.0934. The number of carbonyl (C=O) groups excluding carboxylic acids is 1. The number of nitrogens with one attached hydrogen (secondary N) is 2. The fourth-order valence-corrected chi connectivity index (χ4v) is 5.93. The van der Waals surface area contributed by atoms with Crippen LogP contribution in [0.3, 0.4) is 0 Å². The Kier molecular flexibility index (Phi) is 7.30. The number of hydrogen-bond donors (Lipinski definition) is 2. The second-order valence-corrected chi connectivity index (χ2v) is 11.1. The second kappa shape index (κ2) is 10.8. The van der Waals surface area contributed by atoms with E-state index in [1.165, 1.54) is 11.6 Å². The summed E-state index contributed by atoms with van der Waals surface area (Å²) in [5.74, 6) is -0.257. The van der Waals surface area contributed by atoms with Crippen LogP contribution in [0.1, 0.15) is 60.1 Å². The summed E-state index contributed by atoms with van der Waals surface area (Å²) in [5, 5.41) is 3.71. The molecule has 37 heavy (non-hydrogen) atoms. The van der Waals surface area contributed by atoms with E-state index in [1.807, 2.05) is 31.2 Å². The van der Waals surface area contributed by atoms with E-state index in [-0.39, 0.29) is 16.8 Å². The van der Waals surface area contributed by atoms with Crippen LogP contribution in [0.2, 0.25) is 0 Å². The number of carbonyl (C=O) groups is 1. The van der Waals surface area contributed by atoms with Crippen LogP contribution in [0.5, 0.6) is 0 Å². The van der Waals surface area contributed by atoms with Crippen LogP contribution in [-0.4, -0.2) is 30.8 Å². The van der Waals surface area contributed by atoms with Gasteiger partial charge in [-0.3, -0.25) is 9.78 Å². The number of unbranched alkanes of at least 4 members (excludes halogenated alkanes) is 1. The van der Waals surface area contributed by atoms with Gasteiger partial charge in [0.2, 0.25) is 10.0 Å². The summed E-state index contributed by atoms with van der Waals surface area (Å²) >= 11 is 0. The van der Waals surface area contributed by atoms with Crippen molar-refractivity contribution in [2.75, 3.05) is 6.54 Å². The highest BCUT2D eigenvalue weighted by Gasteiger charge is 2.24. The quantitative estimate of drug-likeness (QED) is 0.316. The first-order chi connectivity index (χ1) is 18.0. The van der Waals surface area contributed by atoms with E-state index in [9.17, 15) is 13.2 Å². The van der Waals surface area contributed by atoms with Crippen LogP contribution in [0.15, 0.2) is 78.0 Å². The summed E-state index contributed by atoms with van der Waals surface area (Å²) in [6.07, 6.45) is 7.85. The van der Waals surface area contributed by atoms with Crippen molar-refractivity contribution in [1.29, 1.82) is 0 Å². The maximum Gasteiger partial charge on any atom is 0.252 e. The molecular weight excluding hydrogens is 484 g/mol. The minimum Gasteiger partial charge on any atom is -0.345 e. The largest absolute Gasteiger partial charge is 0.345 e. The number of hydrogen-bond acceptors (Lipinski definition) is 5. The molecule has 0 saturated carbocycles. The van der Waals surface area contributed by atoms with Crippen molar-refractivity contribution in [3.63, 3.8) is 0 Å². The minimum absolute atomic E-state index is 0.106. The Balaban J connectivity index is 1.57. The highest BCUT2D eigenvalue weighted by Crippen LogP contribution is 2.31. The van der Waals surface area contributed by atoms with Gasteiger partial charge >= 0.3 is 0 Å². The topological polar surface area (TPSA) is 101 Å². The molecular formula is C29H30N4O3S. The Labute approximate surface area is 217 Å². The number of sulfonamides is 1. The molecule has 0 fully saturated rings. The van der Waals surface area contributed by atoms with Gasteiger partial charge in [-0.2, -0.15) is 0 Å². The molecule has 1 amide bonds. The van der Waals surface area contributed by atoms with Gasteiger partial charge in [0.15, 0.2) is 0 Å². The van der Waals surface area contributed by atoms with Crippen molar-refractivity contribution in [3.05, 3.63) is 89.7 Å². The summed E-state index contributed by atoms with van der Waals surface area (Å²) in [7, 11) is -3.72. The molecule has 5 rings (SSSR count). The SMILES string of the molecule is CCCCNS(=O)(=O)c1ccc2nc(-c3cccnc3)cc(C(=O)NC3CCCc4ccccc43)c2c1. The molecule has 4 aromatic rings. The van der Waals surface area contributed by atoms with Crippen LogP contribution >= 0.6 is 0 Å². The van der Waals surface area contributed by atoms with Gasteiger partial charge in [0.25, 0.3) is 5.91 Å². The van der Waals surface area contributed by atoms with Crippen molar-refractivity contribution < 1.29 is 13.2 Å². The predicted octanol–water partition coefficient (Wildman–Crippen LogP) is 5.18. The lowest BCUT2D eigenvalue weighted by Crippen LogP contribution is -2.31. The van der Waals surface area contributed by atoms with E-state index in [1.54, 1.807) is 30.6 Å². The molecule has 0 radical (unpaired) electrons. The number of fused-ring (bicyclic) bond motifs is 2. The van der Waals surface area contributed by atoms with E-state index >= 15 is 0 Å². The molecule has 2 heterocycles. The molecule has 0 saturated heterocycles. The molecule has 1 unspecified atom stereocenters. The van der Waals surface area contributed by atoms with Crippen molar-refractivity contribution >= 4 is 26.8 Å². The number of benzene rings is 2. The van der Waals surface area contributed by atoms with Crippen molar-refractivity contribution in [1.82, 2.24) is 20.0 Å². The van der Waals surface area contributed by atoms with Gasteiger partial charge in [0, 0.05) is 29.9 Å². The predicted molar refractivity (Wildman–Crippen MR) is 145 cm³/mol. The normalized spacial score (nSPS) is 15.3. The van der Waals surface area contributed by atoms with Crippen molar-refractivity contribution in [2.45, 2.75) is 50.0 Å². The summed E-state index contributed by atoms with van der Waals surface area (Å²) in [5.41, 5.74) is 4.70. The van der Waals surface area contributed by atoms with Gasteiger partial charge in [-0.05, 0) is 73.2 Å². The molecule has 2 aromatic carbocycles. The lowest BCUT2D eigenvalue weighted by Gasteiger charge is -2.26. The number of rotatable bonds is 8. The van der Waals surface area contributed by atoms with Crippen molar-refractivity contribution in [3.8, 4) is 11.3 Å². The summed E-state index contributed by atoms with van der Waals surface area (Å²) in [6, 6.07) is 18.3. The average Bonchev–Trinajstić information content (AvgIpc) is 2.93. The number of amides is 1. The van der Waals surface area contributed by atoms with E-state index in [0.717, 1.165) is 43.2 Å². The Morgan fingerprint density at radius 2 is 1.95 bits per heavy atom. The standard InChI is InChI=1S/C29H30N4O3S/c1-2-3-16-31-37(35,36)22-13-14-27-24(17-22)25(18-28(32-27)21-10-7-15-30-19-21)29(34)33-26-12-6-9-20-8-4-5-11-23(20)26/h4-5,7-8,10-11,13-15,17-19,26,31H,2-3,6,9,12,16H2,1H3,(H,33,34). The number of pyridine rings is 2. The van der Waals surface area contributed by atoms with Crippen LogP contribution in [0, 0.1) is 0 Å². The van der Waals surface area contributed by atoms with Gasteiger partial charge in [0.05, 0.1) is 27.7 Å². The zero-order chi connectivity index (χ0) is 25.8. The minimum atomic E-state index is -3.72. The maximum absolute atomic E-state index is 13.8. The molecule has 0 aliphatic heterocycles. The second-order valence-electron chi connectivity index (χ2n) is 9.34. The molecule has 7 nitrogen and oxygen atoms in total.